The van der Waals surface area contributed by atoms with Crippen molar-refractivity contribution < 1.29 is 32.6 Å². The molecule has 2 aromatic rings. The Bertz CT molecular complexity index is 1070. The number of esters is 1. The van der Waals surface area contributed by atoms with Crippen molar-refractivity contribution in [2.24, 2.45) is 4.99 Å². The van der Waals surface area contributed by atoms with Crippen LogP contribution >= 0.6 is 0 Å². The first-order chi connectivity index (χ1) is 15.4. The van der Waals surface area contributed by atoms with Crippen LogP contribution in [0, 0.1) is 11.6 Å². The van der Waals surface area contributed by atoms with Crippen molar-refractivity contribution in [3.05, 3.63) is 82.6 Å². The fourth-order valence-electron chi connectivity index (χ4n) is 3.35. The van der Waals surface area contributed by atoms with Gasteiger partial charge in [0, 0.05) is 0 Å². The Morgan fingerprint density at radius 3 is 2.38 bits per heavy atom. The summed E-state index contributed by atoms with van der Waals surface area (Å²) >= 11 is 0. The summed E-state index contributed by atoms with van der Waals surface area (Å²) in [4.78, 5) is 31.0. The van der Waals surface area contributed by atoms with Crippen molar-refractivity contribution in [3.63, 3.8) is 0 Å². The Morgan fingerprint density at radius 2 is 1.78 bits per heavy atom. The van der Waals surface area contributed by atoms with E-state index >= 15 is 0 Å². The molecule has 0 saturated heterocycles. The highest BCUT2D eigenvalue weighted by molar-refractivity contribution is 5.99. The molecule has 1 aliphatic rings. The van der Waals surface area contributed by atoms with Gasteiger partial charge in [-0.05, 0) is 29.7 Å². The van der Waals surface area contributed by atoms with E-state index in [1.54, 1.807) is 31.2 Å². The van der Waals surface area contributed by atoms with Crippen LogP contribution in [0.5, 0.6) is 0 Å². The minimum absolute atomic E-state index is 0.000592. The molecule has 0 N–H and O–H groups in total. The number of amidine groups is 1. The first-order valence-corrected chi connectivity index (χ1v) is 9.80. The molecule has 1 atom stereocenters. The van der Waals surface area contributed by atoms with Crippen molar-refractivity contribution in [2.75, 3.05) is 14.2 Å². The largest absolute Gasteiger partial charge is 0.468 e. The molecule has 0 saturated carbocycles. The average Bonchev–Trinajstić information content (AvgIpc) is 2.82. The SMILES string of the molecule is CCC1=C(C(=O)OCc2ccccc2)C(c2ccc(F)c(F)c2)N(C(=O)OC)C(OC)=N1. The molecule has 2 aromatic carbocycles. The number of carbonyl (C=O) groups is 2. The topological polar surface area (TPSA) is 77.4 Å². The normalized spacial score (nSPS) is 15.8. The number of methoxy groups -OCH3 is 2. The van der Waals surface area contributed by atoms with Crippen LogP contribution in [0.1, 0.15) is 30.5 Å². The maximum absolute atomic E-state index is 14.1. The standard InChI is InChI=1S/C23H22F2N2O5/c1-4-18-19(21(28)32-13-14-8-6-5-7-9-14)20(15-10-11-16(24)17(25)12-15)27(23(29)31-3)22(26-18)30-2/h5-12,20H,4,13H2,1-3H3. The molecular weight excluding hydrogens is 422 g/mol. The molecule has 0 bridgehead atoms. The van der Waals surface area contributed by atoms with Crippen molar-refractivity contribution in [3.8, 4) is 0 Å². The van der Waals surface area contributed by atoms with E-state index in [0.717, 1.165) is 29.7 Å². The zero-order valence-electron chi connectivity index (χ0n) is 17.8. The van der Waals surface area contributed by atoms with Crippen molar-refractivity contribution in [1.29, 1.82) is 0 Å². The predicted octanol–water partition coefficient (Wildman–Crippen LogP) is 4.50. The molecule has 1 heterocycles. The molecule has 0 aliphatic carbocycles. The fourth-order valence-corrected chi connectivity index (χ4v) is 3.35. The van der Waals surface area contributed by atoms with Crippen LogP contribution in [0.4, 0.5) is 13.6 Å². The third-order valence-corrected chi connectivity index (χ3v) is 4.86. The van der Waals surface area contributed by atoms with Crippen LogP contribution in [0.25, 0.3) is 0 Å². The lowest BCUT2D eigenvalue weighted by Crippen LogP contribution is -2.45. The number of allylic oxidation sites excluding steroid dienone is 1. The molecule has 168 valence electrons. The Labute approximate surface area is 183 Å². The summed E-state index contributed by atoms with van der Waals surface area (Å²) in [7, 11) is 2.44. The summed E-state index contributed by atoms with van der Waals surface area (Å²) in [6.07, 6.45) is -0.610. The number of ether oxygens (including phenoxy) is 3. The number of aliphatic imine (C=N–C) groups is 1. The van der Waals surface area contributed by atoms with Gasteiger partial charge in [0.05, 0.1) is 25.5 Å². The second kappa shape index (κ2) is 10.0. The molecule has 1 amide bonds. The first-order valence-electron chi connectivity index (χ1n) is 9.80. The molecule has 9 heteroatoms. The lowest BCUT2D eigenvalue weighted by molar-refractivity contribution is -0.141. The number of benzene rings is 2. The summed E-state index contributed by atoms with van der Waals surface area (Å²) in [6.45, 7) is 1.73. The highest BCUT2D eigenvalue weighted by Gasteiger charge is 2.42. The molecule has 0 radical (unpaired) electrons. The van der Waals surface area contributed by atoms with Gasteiger partial charge < -0.3 is 14.2 Å². The van der Waals surface area contributed by atoms with E-state index in [1.807, 2.05) is 6.07 Å². The number of rotatable bonds is 5. The molecule has 1 aliphatic heterocycles. The second-order valence-corrected chi connectivity index (χ2v) is 6.79. The number of hydrogen-bond acceptors (Lipinski definition) is 6. The highest BCUT2D eigenvalue weighted by atomic mass is 19.2. The lowest BCUT2D eigenvalue weighted by atomic mass is 9.93. The molecular formula is C23H22F2N2O5. The number of hydrogen-bond donors (Lipinski definition) is 0. The van der Waals surface area contributed by atoms with Gasteiger partial charge in [-0.1, -0.05) is 43.3 Å². The van der Waals surface area contributed by atoms with Crippen LogP contribution in [0.3, 0.4) is 0 Å². The summed E-state index contributed by atoms with van der Waals surface area (Å²) in [5.41, 5.74) is 1.16. The maximum atomic E-state index is 14.1. The van der Waals surface area contributed by atoms with Gasteiger partial charge in [-0.2, -0.15) is 0 Å². The van der Waals surface area contributed by atoms with E-state index in [4.69, 9.17) is 14.2 Å². The van der Waals surface area contributed by atoms with E-state index < -0.39 is 29.7 Å². The Balaban J connectivity index is 2.11. The van der Waals surface area contributed by atoms with Gasteiger partial charge in [0.1, 0.15) is 12.6 Å². The van der Waals surface area contributed by atoms with Gasteiger partial charge in [0.25, 0.3) is 0 Å². The smallest absolute Gasteiger partial charge is 0.418 e. The van der Waals surface area contributed by atoms with Crippen LogP contribution in [0.15, 0.2) is 64.8 Å². The van der Waals surface area contributed by atoms with Crippen LogP contribution < -0.4 is 0 Å². The molecule has 32 heavy (non-hydrogen) atoms. The molecule has 7 nitrogen and oxygen atoms in total. The zero-order valence-corrected chi connectivity index (χ0v) is 17.8. The van der Waals surface area contributed by atoms with Gasteiger partial charge in [-0.25, -0.2) is 28.3 Å². The van der Waals surface area contributed by atoms with E-state index in [1.165, 1.54) is 13.2 Å². The Hall–Kier alpha value is -3.75. The lowest BCUT2D eigenvalue weighted by Gasteiger charge is -2.35. The average molecular weight is 444 g/mol. The first kappa shape index (κ1) is 22.9. The fraction of sp³-hybridized carbons (Fsp3) is 0.261. The number of amides is 1. The maximum Gasteiger partial charge on any atom is 0.418 e. The van der Waals surface area contributed by atoms with Crippen molar-refractivity contribution in [1.82, 2.24) is 4.90 Å². The van der Waals surface area contributed by atoms with Crippen LogP contribution in [0.2, 0.25) is 0 Å². The quantitative estimate of drug-likeness (QED) is 0.635. The van der Waals surface area contributed by atoms with Crippen molar-refractivity contribution in [2.45, 2.75) is 26.0 Å². The number of nitrogens with zero attached hydrogens (tertiary/aromatic N) is 2. The summed E-state index contributed by atoms with van der Waals surface area (Å²) < 4.78 is 43.3. The molecule has 1 unspecified atom stereocenters. The third kappa shape index (κ3) is 4.61. The summed E-state index contributed by atoms with van der Waals surface area (Å²) in [6, 6.07) is 10.8. The second-order valence-electron chi connectivity index (χ2n) is 6.79. The minimum Gasteiger partial charge on any atom is -0.468 e. The number of halogens is 2. The van der Waals surface area contributed by atoms with Gasteiger partial charge in [-0.15, -0.1) is 0 Å². The monoisotopic (exact) mass is 444 g/mol. The number of carbonyl (C=O) groups excluding carboxylic acids is 2. The van der Waals surface area contributed by atoms with Crippen molar-refractivity contribution >= 4 is 18.1 Å². The van der Waals surface area contributed by atoms with Gasteiger partial charge >= 0.3 is 18.1 Å². The van der Waals surface area contributed by atoms with Gasteiger partial charge in [-0.3, -0.25) is 0 Å². The molecule has 0 spiro atoms. The zero-order chi connectivity index (χ0) is 23.3. The molecule has 0 fully saturated rings. The minimum atomic E-state index is -1.21. The Kier molecular flexibility index (Phi) is 7.19. The molecule has 3 rings (SSSR count). The van der Waals surface area contributed by atoms with E-state index in [0.29, 0.717) is 0 Å². The summed E-state index contributed by atoms with van der Waals surface area (Å²) in [5, 5.41) is 0. The predicted molar refractivity (Wildman–Crippen MR) is 111 cm³/mol. The van der Waals surface area contributed by atoms with Crippen LogP contribution in [-0.4, -0.2) is 37.2 Å². The van der Waals surface area contributed by atoms with E-state index in [2.05, 4.69) is 4.99 Å². The highest BCUT2D eigenvalue weighted by Crippen LogP contribution is 2.38. The molecule has 0 aromatic heterocycles. The van der Waals surface area contributed by atoms with Gasteiger partial charge in [0.2, 0.25) is 0 Å². The Morgan fingerprint density at radius 1 is 1.06 bits per heavy atom. The third-order valence-electron chi connectivity index (χ3n) is 4.86. The van der Waals surface area contributed by atoms with Gasteiger partial charge in [0.15, 0.2) is 11.6 Å². The van der Waals surface area contributed by atoms with Crippen LogP contribution in [-0.2, 0) is 25.6 Å². The van der Waals surface area contributed by atoms with E-state index in [-0.39, 0.29) is 35.9 Å². The summed E-state index contributed by atoms with van der Waals surface area (Å²) in [5.74, 6) is -2.96. The van der Waals surface area contributed by atoms with E-state index in [9.17, 15) is 18.4 Å².